The Hall–Kier alpha value is -1.26. The van der Waals surface area contributed by atoms with E-state index in [1.165, 1.54) is 13.8 Å². The number of aliphatic carboxylic acids is 1. The molecule has 2 saturated heterocycles. The van der Waals surface area contributed by atoms with Gasteiger partial charge in [-0.05, 0) is 33.1 Å². The zero-order chi connectivity index (χ0) is 33.9. The SMILES string of the molecule is CCCCCCCC(O)CC(=O)C(CCCCCCCCO)(C(=O)O)C1(C2O[C@H](C)[C@@H](O)[C@H](O)[C@@H]2O)O[C@H](C)[C@@H](O)[C@H](O)[C@@H]1O. The van der Waals surface area contributed by atoms with E-state index in [1.807, 2.05) is 0 Å². The van der Waals surface area contributed by atoms with Gasteiger partial charge in [0.1, 0.15) is 48.3 Å². The van der Waals surface area contributed by atoms with Gasteiger partial charge in [-0.2, -0.15) is 0 Å². The minimum absolute atomic E-state index is 0.0460. The van der Waals surface area contributed by atoms with Gasteiger partial charge >= 0.3 is 5.97 Å². The number of ether oxygens (including phenoxy) is 2. The number of aliphatic hydroxyl groups is 8. The molecule has 0 aliphatic carbocycles. The molecule has 2 aliphatic heterocycles. The molecule has 0 bridgehead atoms. The van der Waals surface area contributed by atoms with Gasteiger partial charge in [0.15, 0.2) is 11.2 Å². The highest BCUT2D eigenvalue weighted by Crippen LogP contribution is 2.53. The van der Waals surface area contributed by atoms with Crippen LogP contribution in [0.1, 0.15) is 111 Å². The number of aliphatic hydroxyl groups excluding tert-OH is 8. The molecular formula is C32H58O13. The predicted octanol–water partition coefficient (Wildman–Crippen LogP) is 0.571. The van der Waals surface area contributed by atoms with E-state index < -0.39 is 96.6 Å². The van der Waals surface area contributed by atoms with Crippen LogP contribution in [0.2, 0.25) is 0 Å². The van der Waals surface area contributed by atoms with E-state index in [-0.39, 0.29) is 19.4 Å². The van der Waals surface area contributed by atoms with Crippen molar-refractivity contribution in [1.29, 1.82) is 0 Å². The van der Waals surface area contributed by atoms with Gasteiger partial charge in [-0.15, -0.1) is 0 Å². The molecule has 2 heterocycles. The molecule has 45 heavy (non-hydrogen) atoms. The number of ketones is 1. The van der Waals surface area contributed by atoms with Crippen molar-refractivity contribution >= 4 is 11.8 Å². The van der Waals surface area contributed by atoms with Crippen molar-refractivity contribution in [2.24, 2.45) is 5.41 Å². The van der Waals surface area contributed by atoms with Gasteiger partial charge in [-0.1, -0.05) is 71.1 Å². The van der Waals surface area contributed by atoms with Crippen LogP contribution >= 0.6 is 0 Å². The fourth-order valence-electron chi connectivity index (χ4n) is 7.03. The van der Waals surface area contributed by atoms with Crippen molar-refractivity contribution < 1.29 is 65.0 Å². The van der Waals surface area contributed by atoms with Gasteiger partial charge in [0.05, 0.1) is 18.3 Å². The minimum Gasteiger partial charge on any atom is -0.480 e. The molecule has 4 unspecified atom stereocenters. The van der Waals surface area contributed by atoms with Gasteiger partial charge in [0, 0.05) is 13.0 Å². The maximum absolute atomic E-state index is 14.4. The zero-order valence-corrected chi connectivity index (χ0v) is 27.0. The standard InChI is InChI=1S/C32H58O13/c1-4-5-6-9-12-15-21(34)18-22(35)31(30(42)43,16-13-10-7-8-11-14-17-33)32(28(41)26(39)24(37)20(3)45-32)29-27(40)25(38)23(36)19(2)44-29/h19-21,23-29,33-34,36-41H,4-18H2,1-3H3,(H,42,43)/t19-,20-,21?,23-,24-,25+,26+,27+,28+,29?,31?,32?/m1/s1. The Morgan fingerprint density at radius 2 is 1.31 bits per heavy atom. The van der Waals surface area contributed by atoms with Crippen molar-refractivity contribution in [2.75, 3.05) is 6.61 Å². The van der Waals surface area contributed by atoms with E-state index in [0.29, 0.717) is 25.7 Å². The number of carbonyl (C=O) groups excluding carboxylic acids is 1. The first-order valence-electron chi connectivity index (χ1n) is 16.7. The Morgan fingerprint density at radius 3 is 1.91 bits per heavy atom. The summed E-state index contributed by atoms with van der Waals surface area (Å²) in [6.07, 6.45) is -10.6. The average molecular weight is 651 g/mol. The first-order chi connectivity index (χ1) is 21.2. The second-order valence-electron chi connectivity index (χ2n) is 13.1. The van der Waals surface area contributed by atoms with Crippen molar-refractivity contribution in [1.82, 2.24) is 0 Å². The molecule has 2 aliphatic rings. The highest BCUT2D eigenvalue weighted by Gasteiger charge is 2.75. The van der Waals surface area contributed by atoms with Crippen LogP contribution in [0.4, 0.5) is 0 Å². The number of carbonyl (C=O) groups is 2. The molecule has 0 radical (unpaired) electrons. The molecule has 12 atom stereocenters. The third kappa shape index (κ3) is 8.81. The summed E-state index contributed by atoms with van der Waals surface area (Å²) < 4.78 is 12.0. The lowest BCUT2D eigenvalue weighted by molar-refractivity contribution is -0.357. The molecule has 13 heteroatoms. The van der Waals surface area contributed by atoms with E-state index in [2.05, 4.69) is 6.92 Å². The molecule has 0 saturated carbocycles. The van der Waals surface area contributed by atoms with E-state index >= 15 is 0 Å². The Labute approximate surface area is 266 Å². The number of Topliss-reactive ketones (excluding diaryl/α,β-unsaturated/α-hetero) is 1. The Kier molecular flexibility index (Phi) is 16.3. The van der Waals surface area contributed by atoms with Gasteiger partial charge in [-0.3, -0.25) is 9.59 Å². The molecule has 2 rings (SSSR count). The average Bonchev–Trinajstić information content (AvgIpc) is 3.00. The minimum atomic E-state index is -2.76. The monoisotopic (exact) mass is 650 g/mol. The maximum atomic E-state index is 14.4. The second kappa shape index (κ2) is 18.3. The lowest BCUT2D eigenvalue weighted by Crippen LogP contribution is -2.81. The summed E-state index contributed by atoms with van der Waals surface area (Å²) in [4.78, 5) is 28.0. The number of hydrogen-bond acceptors (Lipinski definition) is 12. The van der Waals surface area contributed by atoms with Crippen LogP contribution in [0.3, 0.4) is 0 Å². The molecule has 0 aromatic heterocycles. The van der Waals surface area contributed by atoms with E-state index in [4.69, 9.17) is 14.6 Å². The van der Waals surface area contributed by atoms with Crippen molar-refractivity contribution in [3.8, 4) is 0 Å². The first kappa shape index (κ1) is 39.9. The van der Waals surface area contributed by atoms with Crippen LogP contribution in [-0.4, -0.2) is 131 Å². The summed E-state index contributed by atoms with van der Waals surface area (Å²) >= 11 is 0. The number of hydrogen-bond donors (Lipinski definition) is 9. The van der Waals surface area contributed by atoms with Crippen LogP contribution in [-0.2, 0) is 19.1 Å². The second-order valence-corrected chi connectivity index (χ2v) is 13.1. The normalized spacial score (nSPS) is 35.9. The van der Waals surface area contributed by atoms with Gasteiger partial charge in [0.25, 0.3) is 0 Å². The Bertz CT molecular complexity index is 904. The Balaban J connectivity index is 2.64. The molecule has 0 spiro atoms. The largest absolute Gasteiger partial charge is 0.480 e. The van der Waals surface area contributed by atoms with Crippen molar-refractivity contribution in [3.05, 3.63) is 0 Å². The topological polar surface area (TPSA) is 235 Å². The van der Waals surface area contributed by atoms with Crippen molar-refractivity contribution in [2.45, 2.75) is 177 Å². The smallest absolute Gasteiger partial charge is 0.320 e. The van der Waals surface area contributed by atoms with Crippen LogP contribution in [0.25, 0.3) is 0 Å². The van der Waals surface area contributed by atoms with Crippen LogP contribution in [0.15, 0.2) is 0 Å². The molecule has 0 aromatic rings. The molecule has 0 amide bonds. The summed E-state index contributed by atoms with van der Waals surface area (Å²) in [5.74, 6) is -2.77. The molecule has 2 fully saturated rings. The first-order valence-corrected chi connectivity index (χ1v) is 16.7. The summed E-state index contributed by atoms with van der Waals surface area (Å²) in [5, 5.41) is 96.7. The van der Waals surface area contributed by atoms with E-state index in [0.717, 1.165) is 38.5 Å². The van der Waals surface area contributed by atoms with Gasteiger partial charge in [0.2, 0.25) is 0 Å². The van der Waals surface area contributed by atoms with Crippen LogP contribution in [0, 0.1) is 5.41 Å². The number of rotatable bonds is 20. The fourth-order valence-corrected chi connectivity index (χ4v) is 7.03. The third-order valence-electron chi connectivity index (χ3n) is 9.78. The highest BCUT2D eigenvalue weighted by atomic mass is 16.6. The fraction of sp³-hybridized carbons (Fsp3) is 0.938. The lowest BCUT2D eigenvalue weighted by atomic mass is 9.56. The Morgan fingerprint density at radius 1 is 0.756 bits per heavy atom. The predicted molar refractivity (Wildman–Crippen MR) is 162 cm³/mol. The number of carboxylic acid groups (broad SMARTS) is 1. The molecule has 9 N–H and O–H groups in total. The van der Waals surface area contributed by atoms with E-state index in [9.17, 15) is 50.4 Å². The van der Waals surface area contributed by atoms with E-state index in [1.54, 1.807) is 0 Å². The maximum Gasteiger partial charge on any atom is 0.320 e. The zero-order valence-electron chi connectivity index (χ0n) is 27.0. The van der Waals surface area contributed by atoms with Gasteiger partial charge in [-0.25, -0.2) is 0 Å². The summed E-state index contributed by atoms with van der Waals surface area (Å²) in [6, 6.07) is 0. The van der Waals surface area contributed by atoms with Crippen LogP contribution < -0.4 is 0 Å². The van der Waals surface area contributed by atoms with Crippen molar-refractivity contribution in [3.63, 3.8) is 0 Å². The molecule has 264 valence electrons. The summed E-state index contributed by atoms with van der Waals surface area (Å²) in [7, 11) is 0. The third-order valence-corrected chi connectivity index (χ3v) is 9.78. The number of unbranched alkanes of at least 4 members (excludes halogenated alkanes) is 9. The molecule has 0 aromatic carbocycles. The summed E-state index contributed by atoms with van der Waals surface area (Å²) in [5.41, 5.74) is -5.50. The number of carboxylic acids is 1. The molecule has 13 nitrogen and oxygen atoms in total. The quantitative estimate of drug-likeness (QED) is 0.0648. The lowest BCUT2D eigenvalue weighted by Gasteiger charge is -2.60. The summed E-state index contributed by atoms with van der Waals surface area (Å²) in [6.45, 7) is 4.77. The highest BCUT2D eigenvalue weighted by molar-refractivity contribution is 6.05. The molecular weight excluding hydrogens is 592 g/mol. The van der Waals surface area contributed by atoms with Gasteiger partial charge < -0.3 is 55.4 Å². The van der Waals surface area contributed by atoms with Crippen LogP contribution in [0.5, 0.6) is 0 Å².